The molecule has 6 heteroatoms. The van der Waals surface area contributed by atoms with E-state index in [1.54, 1.807) is 6.92 Å². The van der Waals surface area contributed by atoms with Gasteiger partial charge in [0, 0.05) is 25.4 Å². The number of nitriles is 1. The van der Waals surface area contributed by atoms with Crippen LogP contribution in [0.15, 0.2) is 0 Å². The molecular formula is C7H13ClN2O2S. The molecule has 0 saturated carbocycles. The van der Waals surface area contributed by atoms with Gasteiger partial charge in [-0.25, -0.2) is 12.7 Å². The van der Waals surface area contributed by atoms with Gasteiger partial charge in [0.05, 0.1) is 11.8 Å². The average molecular weight is 225 g/mol. The van der Waals surface area contributed by atoms with Gasteiger partial charge in [0.1, 0.15) is 0 Å². The van der Waals surface area contributed by atoms with E-state index in [2.05, 4.69) is 0 Å². The summed E-state index contributed by atoms with van der Waals surface area (Å²) in [6.45, 7) is 2.39. The van der Waals surface area contributed by atoms with Crippen molar-refractivity contribution in [2.75, 3.05) is 24.7 Å². The van der Waals surface area contributed by atoms with Gasteiger partial charge in [-0.1, -0.05) is 6.92 Å². The zero-order valence-corrected chi connectivity index (χ0v) is 9.11. The van der Waals surface area contributed by atoms with Crippen molar-refractivity contribution < 1.29 is 8.42 Å². The number of nitrogens with zero attached hydrogens (tertiary/aromatic N) is 2. The summed E-state index contributed by atoms with van der Waals surface area (Å²) in [5.41, 5.74) is 0. The second kappa shape index (κ2) is 6.19. The van der Waals surface area contributed by atoms with Crippen molar-refractivity contribution in [3.05, 3.63) is 0 Å². The van der Waals surface area contributed by atoms with Gasteiger partial charge in [0.25, 0.3) is 0 Å². The molecular weight excluding hydrogens is 212 g/mol. The second-order valence-electron chi connectivity index (χ2n) is 2.40. The first-order valence-electron chi connectivity index (χ1n) is 3.99. The highest BCUT2D eigenvalue weighted by Crippen LogP contribution is 2.02. The van der Waals surface area contributed by atoms with E-state index in [0.717, 1.165) is 0 Å². The summed E-state index contributed by atoms with van der Waals surface area (Å²) in [7, 11) is -3.24. The van der Waals surface area contributed by atoms with Crippen LogP contribution < -0.4 is 0 Å². The fraction of sp³-hybridized carbons (Fsp3) is 0.857. The van der Waals surface area contributed by atoms with Gasteiger partial charge in [-0.05, 0) is 0 Å². The van der Waals surface area contributed by atoms with E-state index >= 15 is 0 Å². The fourth-order valence-electron chi connectivity index (χ4n) is 0.895. The summed E-state index contributed by atoms with van der Waals surface area (Å²) in [5, 5.41) is 8.31. The van der Waals surface area contributed by atoms with Crippen molar-refractivity contribution in [1.82, 2.24) is 4.31 Å². The van der Waals surface area contributed by atoms with Crippen LogP contribution in [0.5, 0.6) is 0 Å². The summed E-state index contributed by atoms with van der Waals surface area (Å²) >= 11 is 5.35. The van der Waals surface area contributed by atoms with Gasteiger partial charge < -0.3 is 0 Å². The van der Waals surface area contributed by atoms with E-state index in [-0.39, 0.29) is 24.6 Å². The average Bonchev–Trinajstić information content (AvgIpc) is 2.05. The first-order valence-corrected chi connectivity index (χ1v) is 6.13. The Morgan fingerprint density at radius 3 is 2.54 bits per heavy atom. The summed E-state index contributed by atoms with van der Waals surface area (Å²) in [4.78, 5) is 0. The molecule has 0 N–H and O–H groups in total. The molecule has 0 aliphatic carbocycles. The van der Waals surface area contributed by atoms with Crippen LogP contribution >= 0.6 is 11.6 Å². The van der Waals surface area contributed by atoms with Gasteiger partial charge in [-0.2, -0.15) is 5.26 Å². The van der Waals surface area contributed by atoms with Crippen molar-refractivity contribution in [2.24, 2.45) is 0 Å². The molecule has 4 nitrogen and oxygen atoms in total. The second-order valence-corrected chi connectivity index (χ2v) is 4.87. The standard InChI is InChI=1S/C7H13ClN2O2S/c1-2-10(6-3-5-9)13(11,12)7-4-8/h2-4,6-7H2,1H3. The number of hydrogen-bond acceptors (Lipinski definition) is 3. The van der Waals surface area contributed by atoms with Gasteiger partial charge in [0.15, 0.2) is 0 Å². The molecule has 13 heavy (non-hydrogen) atoms. The smallest absolute Gasteiger partial charge is 0.212 e. The number of alkyl halides is 1. The Hall–Kier alpha value is -0.310. The van der Waals surface area contributed by atoms with Crippen LogP contribution in [0.3, 0.4) is 0 Å². The van der Waals surface area contributed by atoms with Crippen LogP contribution in [0.4, 0.5) is 0 Å². The lowest BCUT2D eigenvalue weighted by Crippen LogP contribution is -2.34. The highest BCUT2D eigenvalue weighted by atomic mass is 35.5. The Kier molecular flexibility index (Phi) is 6.04. The van der Waals surface area contributed by atoms with E-state index in [4.69, 9.17) is 16.9 Å². The Balaban J connectivity index is 4.31. The van der Waals surface area contributed by atoms with Crippen molar-refractivity contribution >= 4 is 21.6 Å². The van der Waals surface area contributed by atoms with Crippen molar-refractivity contribution in [2.45, 2.75) is 13.3 Å². The summed E-state index contributed by atoms with van der Waals surface area (Å²) in [6.07, 6.45) is 0.218. The molecule has 0 aromatic heterocycles. The molecule has 0 heterocycles. The maximum atomic E-state index is 11.4. The molecule has 0 spiro atoms. The molecule has 0 bridgehead atoms. The predicted molar refractivity (Wildman–Crippen MR) is 52.0 cm³/mol. The van der Waals surface area contributed by atoms with Crippen LogP contribution in [0, 0.1) is 11.3 Å². The molecule has 0 amide bonds. The highest BCUT2D eigenvalue weighted by Gasteiger charge is 2.18. The Morgan fingerprint density at radius 2 is 2.15 bits per heavy atom. The third-order valence-corrected chi connectivity index (χ3v) is 3.91. The van der Waals surface area contributed by atoms with Crippen LogP contribution in [-0.2, 0) is 10.0 Å². The lowest BCUT2D eigenvalue weighted by Gasteiger charge is -2.17. The molecule has 0 saturated heterocycles. The minimum Gasteiger partial charge on any atom is -0.212 e. The molecule has 0 radical (unpaired) electrons. The monoisotopic (exact) mass is 224 g/mol. The normalized spacial score (nSPS) is 11.5. The molecule has 0 unspecified atom stereocenters. The fourth-order valence-corrected chi connectivity index (χ4v) is 2.70. The van der Waals surface area contributed by atoms with Crippen molar-refractivity contribution in [3.8, 4) is 6.07 Å². The number of hydrogen-bond donors (Lipinski definition) is 0. The Labute approximate surface area is 84.1 Å². The molecule has 0 aliphatic heterocycles. The van der Waals surface area contributed by atoms with Gasteiger partial charge in [-0.15, -0.1) is 11.6 Å². The first-order chi connectivity index (χ1) is 6.08. The van der Waals surface area contributed by atoms with Crippen LogP contribution in [0.25, 0.3) is 0 Å². The van der Waals surface area contributed by atoms with E-state index in [9.17, 15) is 8.42 Å². The number of halogens is 1. The molecule has 76 valence electrons. The van der Waals surface area contributed by atoms with E-state index in [1.165, 1.54) is 4.31 Å². The lowest BCUT2D eigenvalue weighted by molar-refractivity contribution is 0.436. The third-order valence-electron chi connectivity index (χ3n) is 1.55. The molecule has 0 aliphatic rings. The van der Waals surface area contributed by atoms with Gasteiger partial charge in [0.2, 0.25) is 10.0 Å². The zero-order valence-electron chi connectivity index (χ0n) is 7.53. The SMILES string of the molecule is CCN(CCC#N)S(=O)(=O)CCCl. The third kappa shape index (κ3) is 4.46. The summed E-state index contributed by atoms with van der Waals surface area (Å²) in [5.74, 6) is 0.0270. The highest BCUT2D eigenvalue weighted by molar-refractivity contribution is 7.89. The minimum atomic E-state index is -3.24. The minimum absolute atomic E-state index is 0.0617. The van der Waals surface area contributed by atoms with Crippen LogP contribution in [-0.4, -0.2) is 37.4 Å². The topological polar surface area (TPSA) is 61.2 Å². The number of sulfonamides is 1. The molecule has 0 aromatic carbocycles. The summed E-state index contributed by atoms with van der Waals surface area (Å²) in [6, 6.07) is 1.91. The van der Waals surface area contributed by atoms with Crippen LogP contribution in [0.1, 0.15) is 13.3 Å². The van der Waals surface area contributed by atoms with Crippen molar-refractivity contribution in [1.29, 1.82) is 5.26 Å². The van der Waals surface area contributed by atoms with Crippen LogP contribution in [0.2, 0.25) is 0 Å². The molecule has 0 rings (SSSR count). The number of rotatable bonds is 6. The zero-order chi connectivity index (χ0) is 10.3. The predicted octanol–water partition coefficient (Wildman–Crippen LogP) is 0.791. The van der Waals surface area contributed by atoms with Gasteiger partial charge in [-0.3, -0.25) is 0 Å². The van der Waals surface area contributed by atoms with E-state index < -0.39 is 10.0 Å². The van der Waals surface area contributed by atoms with E-state index in [1.807, 2.05) is 6.07 Å². The first kappa shape index (κ1) is 12.7. The lowest BCUT2D eigenvalue weighted by atomic mass is 10.5. The Bertz CT molecular complexity index is 271. The van der Waals surface area contributed by atoms with E-state index in [0.29, 0.717) is 6.54 Å². The van der Waals surface area contributed by atoms with Gasteiger partial charge >= 0.3 is 0 Å². The Morgan fingerprint density at radius 1 is 1.54 bits per heavy atom. The molecule has 0 fully saturated rings. The molecule has 0 atom stereocenters. The largest absolute Gasteiger partial charge is 0.215 e. The maximum absolute atomic E-state index is 11.4. The summed E-state index contributed by atoms with van der Waals surface area (Å²) < 4.78 is 24.1. The molecule has 0 aromatic rings. The van der Waals surface area contributed by atoms with Crippen molar-refractivity contribution in [3.63, 3.8) is 0 Å². The maximum Gasteiger partial charge on any atom is 0.215 e. The quantitative estimate of drug-likeness (QED) is 0.627.